The average molecular weight is 192 g/mol. The lowest BCUT2D eigenvalue weighted by atomic mass is 10.4. The third kappa shape index (κ3) is 6.35. The fourth-order valence-corrected chi connectivity index (χ4v) is 0.750. The van der Waals surface area contributed by atoms with Gasteiger partial charge in [-0.1, -0.05) is 6.92 Å². The lowest BCUT2D eigenvalue weighted by molar-refractivity contribution is 0.296. The van der Waals surface area contributed by atoms with Crippen LogP contribution in [-0.2, 0) is 0 Å². The number of aliphatic imine (C=N–C) groups is 2. The van der Waals surface area contributed by atoms with Gasteiger partial charge in [-0.15, -0.1) is 12.4 Å². The van der Waals surface area contributed by atoms with Gasteiger partial charge >= 0.3 is 0 Å². The molecular weight excluding hydrogens is 174 g/mol. The van der Waals surface area contributed by atoms with Crippen LogP contribution in [0, 0.1) is 0 Å². The molecular formula is C8H18ClN3. The Bertz CT molecular complexity index is 150. The Labute approximate surface area is 81.0 Å². The van der Waals surface area contributed by atoms with E-state index in [1.807, 2.05) is 21.0 Å². The van der Waals surface area contributed by atoms with E-state index in [-0.39, 0.29) is 18.6 Å². The van der Waals surface area contributed by atoms with Crippen molar-refractivity contribution < 1.29 is 0 Å². The molecule has 1 atom stereocenters. The Morgan fingerprint density at radius 3 is 2.25 bits per heavy atom. The van der Waals surface area contributed by atoms with Gasteiger partial charge in [0, 0.05) is 6.54 Å². The van der Waals surface area contributed by atoms with E-state index in [2.05, 4.69) is 27.8 Å². The van der Waals surface area contributed by atoms with Crippen molar-refractivity contribution in [2.24, 2.45) is 9.98 Å². The van der Waals surface area contributed by atoms with Crippen molar-refractivity contribution in [3.8, 4) is 0 Å². The molecule has 0 saturated carbocycles. The van der Waals surface area contributed by atoms with Crippen LogP contribution in [0.25, 0.3) is 0 Å². The summed E-state index contributed by atoms with van der Waals surface area (Å²) in [6.07, 6.45) is 1.23. The molecule has 0 heterocycles. The topological polar surface area (TPSA) is 28.0 Å². The molecule has 4 heteroatoms. The van der Waals surface area contributed by atoms with Gasteiger partial charge < -0.3 is 0 Å². The van der Waals surface area contributed by atoms with Crippen molar-refractivity contribution in [3.05, 3.63) is 0 Å². The fraction of sp³-hybridized carbons (Fsp3) is 0.875. The highest BCUT2D eigenvalue weighted by atomic mass is 35.5. The quantitative estimate of drug-likeness (QED) is 0.624. The SMILES string of the molecule is CCN=C=NC(CC)N(C)C.Cl. The van der Waals surface area contributed by atoms with Crippen LogP contribution in [0.4, 0.5) is 0 Å². The van der Waals surface area contributed by atoms with Gasteiger partial charge in [0.05, 0.1) is 6.01 Å². The molecule has 0 spiro atoms. The predicted octanol–water partition coefficient (Wildman–Crippen LogP) is 1.90. The highest BCUT2D eigenvalue weighted by Gasteiger charge is 2.03. The van der Waals surface area contributed by atoms with E-state index >= 15 is 0 Å². The zero-order chi connectivity index (χ0) is 8.69. The first kappa shape index (κ1) is 14.2. The van der Waals surface area contributed by atoms with Gasteiger partial charge in [0.1, 0.15) is 6.17 Å². The summed E-state index contributed by atoms with van der Waals surface area (Å²) in [6, 6.07) is 2.68. The number of rotatable bonds is 4. The first-order valence-corrected chi connectivity index (χ1v) is 4.00. The summed E-state index contributed by atoms with van der Waals surface area (Å²) < 4.78 is 0. The molecule has 0 aromatic rings. The van der Waals surface area contributed by atoms with E-state index < -0.39 is 0 Å². The van der Waals surface area contributed by atoms with E-state index in [0.29, 0.717) is 0 Å². The van der Waals surface area contributed by atoms with Crippen LogP contribution in [0.3, 0.4) is 0 Å². The molecule has 3 nitrogen and oxygen atoms in total. The van der Waals surface area contributed by atoms with Gasteiger partial charge in [-0.2, -0.15) is 0 Å². The monoisotopic (exact) mass is 191 g/mol. The van der Waals surface area contributed by atoms with Gasteiger partial charge in [0.2, 0.25) is 0 Å². The van der Waals surface area contributed by atoms with Gasteiger partial charge in [-0.3, -0.25) is 4.90 Å². The molecule has 0 rings (SSSR count). The first-order valence-electron chi connectivity index (χ1n) is 4.00. The van der Waals surface area contributed by atoms with Gasteiger partial charge in [-0.25, -0.2) is 9.98 Å². The van der Waals surface area contributed by atoms with Crippen LogP contribution in [0.15, 0.2) is 9.98 Å². The highest BCUT2D eigenvalue weighted by molar-refractivity contribution is 5.85. The van der Waals surface area contributed by atoms with Crippen LogP contribution in [-0.4, -0.2) is 37.7 Å². The summed E-state index contributed by atoms with van der Waals surface area (Å²) in [5.74, 6) is 0. The Balaban J connectivity index is 0. The molecule has 0 aromatic carbocycles. The second-order valence-corrected chi connectivity index (χ2v) is 2.56. The minimum absolute atomic E-state index is 0. The van der Waals surface area contributed by atoms with Crippen LogP contribution >= 0.6 is 12.4 Å². The number of hydrogen-bond donors (Lipinski definition) is 0. The fourth-order valence-electron chi connectivity index (χ4n) is 0.750. The van der Waals surface area contributed by atoms with E-state index in [9.17, 15) is 0 Å². The lowest BCUT2D eigenvalue weighted by Crippen LogP contribution is -2.24. The van der Waals surface area contributed by atoms with Crippen molar-refractivity contribution in [1.82, 2.24) is 4.90 Å². The van der Waals surface area contributed by atoms with Gasteiger partial charge in [-0.05, 0) is 27.4 Å². The third-order valence-electron chi connectivity index (χ3n) is 1.40. The standard InChI is InChI=1S/C8H17N3.ClH/c1-5-8(11(3)4)10-7-9-6-2;/h8H,5-6H2,1-4H3;1H. The third-order valence-corrected chi connectivity index (χ3v) is 1.40. The molecule has 72 valence electrons. The molecule has 0 amide bonds. The van der Waals surface area contributed by atoms with Crippen LogP contribution in [0.1, 0.15) is 20.3 Å². The normalized spacial score (nSPS) is 11.4. The maximum absolute atomic E-state index is 4.14. The molecule has 0 saturated heterocycles. The van der Waals surface area contributed by atoms with Crippen LogP contribution < -0.4 is 0 Å². The number of nitrogens with zero attached hydrogens (tertiary/aromatic N) is 3. The summed E-state index contributed by atoms with van der Waals surface area (Å²) in [7, 11) is 4.01. The molecule has 0 fully saturated rings. The second-order valence-electron chi connectivity index (χ2n) is 2.56. The van der Waals surface area contributed by atoms with Crippen LogP contribution in [0.5, 0.6) is 0 Å². The molecule has 0 aliphatic carbocycles. The molecule has 0 aliphatic rings. The summed E-state index contributed by atoms with van der Waals surface area (Å²) in [6.45, 7) is 4.83. The largest absolute Gasteiger partial charge is 0.287 e. The second kappa shape index (κ2) is 8.72. The summed E-state index contributed by atoms with van der Waals surface area (Å²) in [5.41, 5.74) is 0. The summed E-state index contributed by atoms with van der Waals surface area (Å²) in [5, 5.41) is 0. The van der Waals surface area contributed by atoms with Crippen LogP contribution in [0.2, 0.25) is 0 Å². The molecule has 12 heavy (non-hydrogen) atoms. The van der Waals surface area contributed by atoms with E-state index in [1.54, 1.807) is 0 Å². The van der Waals surface area contributed by atoms with Crippen molar-refractivity contribution in [2.45, 2.75) is 26.4 Å². The minimum atomic E-state index is 0. The Hall–Kier alpha value is -0.370. The van der Waals surface area contributed by atoms with E-state index in [1.165, 1.54) is 0 Å². The Morgan fingerprint density at radius 1 is 1.33 bits per heavy atom. The zero-order valence-corrected chi connectivity index (χ0v) is 9.06. The molecule has 0 aromatic heterocycles. The lowest BCUT2D eigenvalue weighted by Gasteiger charge is -2.15. The molecule has 0 N–H and O–H groups in total. The molecule has 0 radical (unpaired) electrons. The van der Waals surface area contributed by atoms with Crippen molar-refractivity contribution >= 4 is 18.4 Å². The van der Waals surface area contributed by atoms with Gasteiger partial charge in [0.15, 0.2) is 0 Å². The van der Waals surface area contributed by atoms with Gasteiger partial charge in [0.25, 0.3) is 0 Å². The van der Waals surface area contributed by atoms with Crippen molar-refractivity contribution in [3.63, 3.8) is 0 Å². The highest BCUT2D eigenvalue weighted by Crippen LogP contribution is 1.97. The maximum atomic E-state index is 4.14. The predicted molar refractivity (Wildman–Crippen MR) is 55.4 cm³/mol. The summed E-state index contributed by atoms with van der Waals surface area (Å²) >= 11 is 0. The maximum Gasteiger partial charge on any atom is 0.112 e. The Kier molecular flexibility index (Phi) is 10.3. The minimum Gasteiger partial charge on any atom is -0.287 e. The first-order chi connectivity index (χ1) is 5.22. The van der Waals surface area contributed by atoms with E-state index in [0.717, 1.165) is 13.0 Å². The smallest absolute Gasteiger partial charge is 0.112 e. The van der Waals surface area contributed by atoms with Crippen molar-refractivity contribution in [2.75, 3.05) is 20.6 Å². The molecule has 0 bridgehead atoms. The zero-order valence-electron chi connectivity index (χ0n) is 8.24. The van der Waals surface area contributed by atoms with E-state index in [4.69, 9.17) is 0 Å². The number of halogens is 1. The average Bonchev–Trinajstić information content (AvgIpc) is 1.97. The molecule has 0 aliphatic heterocycles. The Morgan fingerprint density at radius 2 is 1.92 bits per heavy atom. The van der Waals surface area contributed by atoms with Crippen molar-refractivity contribution in [1.29, 1.82) is 0 Å². The molecule has 1 unspecified atom stereocenters. The summed E-state index contributed by atoms with van der Waals surface area (Å²) in [4.78, 5) is 10.1. The number of hydrogen-bond acceptors (Lipinski definition) is 3.